The van der Waals surface area contributed by atoms with Gasteiger partial charge in [0.1, 0.15) is 0 Å². The topological polar surface area (TPSA) is 60.9 Å². The Hall–Kier alpha value is -2.60. The van der Waals surface area contributed by atoms with Gasteiger partial charge in [-0.2, -0.15) is 0 Å². The van der Waals surface area contributed by atoms with Gasteiger partial charge < -0.3 is 19.1 Å². The number of carbonyl (C=O) groups is 1. The number of rotatable bonds is 9. The van der Waals surface area contributed by atoms with E-state index in [1.165, 1.54) is 0 Å². The molecule has 6 heteroatoms. The van der Waals surface area contributed by atoms with E-state index >= 15 is 0 Å². The summed E-state index contributed by atoms with van der Waals surface area (Å²) in [4.78, 5) is 18.8. The van der Waals surface area contributed by atoms with Crippen LogP contribution in [0, 0.1) is 0 Å². The molecular formula is C20H26N2O4. The predicted octanol–water partition coefficient (Wildman–Crippen LogP) is 2.71. The van der Waals surface area contributed by atoms with Crippen molar-refractivity contribution in [3.63, 3.8) is 0 Å². The highest BCUT2D eigenvalue weighted by molar-refractivity contribution is 5.79. The fourth-order valence-electron chi connectivity index (χ4n) is 2.78. The van der Waals surface area contributed by atoms with Crippen molar-refractivity contribution in [1.82, 2.24) is 9.88 Å². The monoisotopic (exact) mass is 358 g/mol. The summed E-state index contributed by atoms with van der Waals surface area (Å²) in [5.41, 5.74) is 1.85. The van der Waals surface area contributed by atoms with Crippen LogP contribution in [0.5, 0.6) is 11.5 Å². The molecule has 0 radical (unpaired) electrons. The van der Waals surface area contributed by atoms with Crippen molar-refractivity contribution in [2.75, 3.05) is 27.9 Å². The van der Waals surface area contributed by atoms with Crippen molar-refractivity contribution < 1.29 is 19.0 Å². The molecule has 0 aliphatic heterocycles. The Balaban J connectivity index is 2.20. The van der Waals surface area contributed by atoms with Gasteiger partial charge >= 0.3 is 0 Å². The average molecular weight is 358 g/mol. The van der Waals surface area contributed by atoms with E-state index in [2.05, 4.69) is 4.98 Å². The van der Waals surface area contributed by atoms with Crippen molar-refractivity contribution in [3.8, 4) is 11.5 Å². The summed E-state index contributed by atoms with van der Waals surface area (Å²) in [5, 5.41) is 0. The number of nitrogens with zero attached hydrogens (tertiary/aromatic N) is 2. The van der Waals surface area contributed by atoms with Crippen molar-refractivity contribution in [3.05, 3.63) is 53.9 Å². The molecule has 1 aromatic heterocycles. The van der Waals surface area contributed by atoms with E-state index in [-0.39, 0.29) is 11.9 Å². The maximum absolute atomic E-state index is 12.9. The first-order chi connectivity index (χ1) is 12.6. The van der Waals surface area contributed by atoms with Gasteiger partial charge in [0.15, 0.2) is 11.5 Å². The number of hydrogen-bond acceptors (Lipinski definition) is 5. The number of aromatic nitrogens is 1. The number of benzene rings is 1. The molecule has 1 amide bonds. The third kappa shape index (κ3) is 5.20. The number of amides is 1. The highest BCUT2D eigenvalue weighted by Gasteiger charge is 2.21. The number of hydrogen-bond donors (Lipinski definition) is 0. The molecule has 0 saturated carbocycles. The molecule has 6 nitrogen and oxygen atoms in total. The van der Waals surface area contributed by atoms with Crippen LogP contribution >= 0.6 is 0 Å². The highest BCUT2D eigenvalue weighted by atomic mass is 16.5. The minimum absolute atomic E-state index is 0.0253. The zero-order valence-electron chi connectivity index (χ0n) is 15.8. The van der Waals surface area contributed by atoms with Crippen molar-refractivity contribution >= 4 is 5.91 Å². The number of ether oxygens (including phenoxy) is 3. The standard InChI is InChI=1S/C20H26N2O4/c1-15(14-24-2)22(20(23)11-16-6-5-9-21-12-16)13-17-7-8-18(25-3)19(10-17)26-4/h5-10,12,15H,11,13-14H2,1-4H3/t15-/m1/s1. The quantitative estimate of drug-likeness (QED) is 0.690. The smallest absolute Gasteiger partial charge is 0.227 e. The normalized spacial score (nSPS) is 11.7. The van der Waals surface area contributed by atoms with Crippen LogP contribution in [-0.4, -0.2) is 49.8 Å². The largest absolute Gasteiger partial charge is 0.493 e. The molecule has 1 atom stereocenters. The van der Waals surface area contributed by atoms with E-state index < -0.39 is 0 Å². The lowest BCUT2D eigenvalue weighted by Crippen LogP contribution is -2.41. The first-order valence-electron chi connectivity index (χ1n) is 8.47. The number of methoxy groups -OCH3 is 3. The van der Waals surface area contributed by atoms with Gasteiger partial charge in [-0.25, -0.2) is 0 Å². The Kier molecular flexibility index (Phi) is 7.41. The zero-order valence-corrected chi connectivity index (χ0v) is 15.8. The molecule has 0 fully saturated rings. The lowest BCUT2D eigenvalue weighted by Gasteiger charge is -2.29. The molecule has 0 N–H and O–H groups in total. The summed E-state index contributed by atoms with van der Waals surface area (Å²) in [7, 11) is 4.83. The summed E-state index contributed by atoms with van der Waals surface area (Å²) in [6.07, 6.45) is 3.71. The molecule has 2 rings (SSSR count). The fourth-order valence-corrected chi connectivity index (χ4v) is 2.78. The minimum Gasteiger partial charge on any atom is -0.493 e. The Morgan fingerprint density at radius 1 is 1.12 bits per heavy atom. The lowest BCUT2D eigenvalue weighted by atomic mass is 10.1. The zero-order chi connectivity index (χ0) is 18.9. The van der Waals surface area contributed by atoms with Crippen molar-refractivity contribution in [1.29, 1.82) is 0 Å². The molecule has 1 aromatic carbocycles. The van der Waals surface area contributed by atoms with Gasteiger partial charge in [-0.15, -0.1) is 0 Å². The third-order valence-electron chi connectivity index (χ3n) is 4.14. The third-order valence-corrected chi connectivity index (χ3v) is 4.14. The van der Waals surface area contributed by atoms with E-state index in [0.717, 1.165) is 11.1 Å². The fraction of sp³-hybridized carbons (Fsp3) is 0.400. The Morgan fingerprint density at radius 3 is 2.50 bits per heavy atom. The number of pyridine rings is 1. The molecule has 0 unspecified atom stereocenters. The van der Waals surface area contributed by atoms with Crippen LogP contribution in [-0.2, 0) is 22.5 Å². The Labute approximate surface area is 154 Å². The van der Waals surface area contributed by atoms with Crippen LogP contribution in [0.15, 0.2) is 42.7 Å². The average Bonchev–Trinajstić information content (AvgIpc) is 2.66. The molecule has 1 heterocycles. The van der Waals surface area contributed by atoms with Gasteiger partial charge in [0.2, 0.25) is 5.91 Å². The summed E-state index contributed by atoms with van der Waals surface area (Å²) >= 11 is 0. The van der Waals surface area contributed by atoms with Crippen LogP contribution in [0.3, 0.4) is 0 Å². The summed E-state index contributed by atoms with van der Waals surface area (Å²) in [5.74, 6) is 1.33. The maximum atomic E-state index is 12.9. The Bertz CT molecular complexity index is 706. The summed E-state index contributed by atoms with van der Waals surface area (Å²) < 4.78 is 15.9. The molecule has 26 heavy (non-hydrogen) atoms. The second-order valence-corrected chi connectivity index (χ2v) is 6.05. The second kappa shape index (κ2) is 9.77. The molecule has 2 aromatic rings. The Morgan fingerprint density at radius 2 is 1.88 bits per heavy atom. The summed E-state index contributed by atoms with van der Waals surface area (Å²) in [6.45, 7) is 2.90. The molecule has 140 valence electrons. The molecule has 0 aliphatic carbocycles. The van der Waals surface area contributed by atoms with Gasteiger partial charge in [-0.1, -0.05) is 12.1 Å². The predicted molar refractivity (Wildman–Crippen MR) is 99.4 cm³/mol. The first-order valence-corrected chi connectivity index (χ1v) is 8.47. The molecule has 0 aliphatic rings. The van der Waals surface area contributed by atoms with Gasteiger partial charge in [0.05, 0.1) is 33.3 Å². The first kappa shape index (κ1) is 19.7. The van der Waals surface area contributed by atoms with Crippen LogP contribution in [0.25, 0.3) is 0 Å². The minimum atomic E-state index is -0.0581. The molecule has 0 saturated heterocycles. The van der Waals surface area contributed by atoms with Gasteiger partial charge in [0.25, 0.3) is 0 Å². The number of carbonyl (C=O) groups excluding carboxylic acids is 1. The van der Waals surface area contributed by atoms with Gasteiger partial charge in [-0.3, -0.25) is 9.78 Å². The second-order valence-electron chi connectivity index (χ2n) is 6.05. The highest BCUT2D eigenvalue weighted by Crippen LogP contribution is 2.28. The van der Waals surface area contributed by atoms with E-state index in [1.54, 1.807) is 33.7 Å². The van der Waals surface area contributed by atoms with E-state index in [4.69, 9.17) is 14.2 Å². The van der Waals surface area contributed by atoms with Crippen LogP contribution < -0.4 is 9.47 Å². The van der Waals surface area contributed by atoms with Crippen molar-refractivity contribution in [2.45, 2.75) is 25.9 Å². The van der Waals surface area contributed by atoms with E-state index in [9.17, 15) is 4.79 Å². The summed E-state index contributed by atoms with van der Waals surface area (Å²) in [6, 6.07) is 9.35. The maximum Gasteiger partial charge on any atom is 0.227 e. The lowest BCUT2D eigenvalue weighted by molar-refractivity contribution is -0.134. The van der Waals surface area contributed by atoms with Crippen LogP contribution in [0.4, 0.5) is 0 Å². The SMILES string of the molecule is COC[C@@H](C)N(Cc1ccc(OC)c(OC)c1)C(=O)Cc1cccnc1. The van der Waals surface area contributed by atoms with Crippen LogP contribution in [0.2, 0.25) is 0 Å². The molecular weight excluding hydrogens is 332 g/mol. The van der Waals surface area contributed by atoms with Gasteiger partial charge in [0, 0.05) is 26.0 Å². The van der Waals surface area contributed by atoms with Crippen LogP contribution in [0.1, 0.15) is 18.1 Å². The van der Waals surface area contributed by atoms with Crippen molar-refractivity contribution in [2.24, 2.45) is 0 Å². The van der Waals surface area contributed by atoms with E-state index in [1.807, 2.05) is 42.2 Å². The molecule has 0 spiro atoms. The molecule has 0 bridgehead atoms. The van der Waals surface area contributed by atoms with E-state index in [0.29, 0.717) is 31.1 Å². The van der Waals surface area contributed by atoms with Gasteiger partial charge in [-0.05, 0) is 36.2 Å².